The Kier molecular flexibility index (Phi) is 3.46. The van der Waals surface area contributed by atoms with E-state index in [0.717, 1.165) is 15.9 Å². The van der Waals surface area contributed by atoms with Gasteiger partial charge in [0.15, 0.2) is 0 Å². The number of rotatable bonds is 4. The Hall–Kier alpha value is -1.49. The van der Waals surface area contributed by atoms with Crippen LogP contribution in [0.1, 0.15) is 5.69 Å². The number of nitrogens with two attached hydrogens (primary N) is 1. The summed E-state index contributed by atoms with van der Waals surface area (Å²) in [6.07, 6.45) is 0.677. The molecule has 0 aliphatic heterocycles. The molecule has 0 amide bonds. The van der Waals surface area contributed by atoms with Crippen LogP contribution in [0.15, 0.2) is 39.3 Å². The van der Waals surface area contributed by atoms with Crippen molar-refractivity contribution in [1.29, 1.82) is 0 Å². The number of benzene rings is 1. The molecule has 0 fully saturated rings. The molecule has 2 rings (SSSR count). The molecule has 0 spiro atoms. The quantitative estimate of drug-likeness (QED) is 0.937. The summed E-state index contributed by atoms with van der Waals surface area (Å²) in [6, 6.07) is 9.38. The molecule has 0 bridgehead atoms. The van der Waals surface area contributed by atoms with Crippen molar-refractivity contribution in [3.8, 4) is 5.75 Å². The fourth-order valence-electron chi connectivity index (χ4n) is 1.25. The van der Waals surface area contributed by atoms with E-state index in [0.29, 0.717) is 18.9 Å². The number of aromatic nitrogens is 1. The largest absolute Gasteiger partial charge is 0.493 e. The molecule has 1 aromatic carbocycles. The molecule has 4 nitrogen and oxygen atoms in total. The number of nitrogens with zero attached hydrogens (tertiary/aromatic N) is 1. The summed E-state index contributed by atoms with van der Waals surface area (Å²) < 4.78 is 11.3. The lowest BCUT2D eigenvalue weighted by atomic mass is 10.3. The van der Waals surface area contributed by atoms with Gasteiger partial charge in [-0.2, -0.15) is 0 Å². The number of nitrogen functional groups attached to an aromatic ring is 1. The molecule has 1 heterocycles. The molecule has 2 aromatic rings. The summed E-state index contributed by atoms with van der Waals surface area (Å²) in [5.41, 5.74) is 6.20. The minimum absolute atomic E-state index is 0.332. The van der Waals surface area contributed by atoms with Crippen molar-refractivity contribution in [2.24, 2.45) is 0 Å². The molecule has 84 valence electrons. The second-order valence-corrected chi connectivity index (χ2v) is 4.19. The number of hydrogen-bond donors (Lipinski definition) is 1. The minimum atomic E-state index is 0.332. The Bertz CT molecular complexity index is 453. The zero-order valence-corrected chi connectivity index (χ0v) is 10.1. The van der Waals surface area contributed by atoms with E-state index in [1.807, 2.05) is 24.3 Å². The molecule has 0 radical (unpaired) electrons. The first-order valence-electron chi connectivity index (χ1n) is 4.83. The third-order valence-corrected chi connectivity index (χ3v) is 2.55. The van der Waals surface area contributed by atoms with E-state index in [-0.39, 0.29) is 0 Å². The maximum atomic E-state index is 5.53. The van der Waals surface area contributed by atoms with Gasteiger partial charge in [-0.15, -0.1) is 0 Å². The summed E-state index contributed by atoms with van der Waals surface area (Å²) >= 11 is 3.36. The third kappa shape index (κ3) is 3.00. The van der Waals surface area contributed by atoms with Gasteiger partial charge in [-0.05, 0) is 24.3 Å². The van der Waals surface area contributed by atoms with Crippen LogP contribution < -0.4 is 10.5 Å². The van der Waals surface area contributed by atoms with Crippen LogP contribution in [0.3, 0.4) is 0 Å². The summed E-state index contributed by atoms with van der Waals surface area (Å²) in [5.74, 6) is 1.17. The van der Waals surface area contributed by atoms with Gasteiger partial charge in [0.1, 0.15) is 5.75 Å². The van der Waals surface area contributed by atoms with Gasteiger partial charge in [0.25, 0.3) is 0 Å². The van der Waals surface area contributed by atoms with Crippen LogP contribution in [0.5, 0.6) is 5.75 Å². The number of hydrogen-bond acceptors (Lipinski definition) is 4. The van der Waals surface area contributed by atoms with E-state index < -0.39 is 0 Å². The second kappa shape index (κ2) is 5.03. The molecule has 5 heteroatoms. The van der Waals surface area contributed by atoms with Crippen molar-refractivity contribution < 1.29 is 9.26 Å². The lowest BCUT2D eigenvalue weighted by Crippen LogP contribution is -2.01. The van der Waals surface area contributed by atoms with Gasteiger partial charge in [-0.1, -0.05) is 21.1 Å². The Balaban J connectivity index is 1.82. The summed E-state index contributed by atoms with van der Waals surface area (Å²) in [4.78, 5) is 0. The minimum Gasteiger partial charge on any atom is -0.493 e. The Labute approximate surface area is 102 Å². The molecule has 0 atom stereocenters. The molecule has 2 N–H and O–H groups in total. The topological polar surface area (TPSA) is 61.3 Å². The lowest BCUT2D eigenvalue weighted by Gasteiger charge is -2.04. The number of ether oxygens (including phenoxy) is 1. The maximum Gasteiger partial charge on any atom is 0.222 e. The zero-order chi connectivity index (χ0) is 11.4. The SMILES string of the molecule is Nc1cc(CCOc2ccc(Br)cc2)no1. The first-order valence-corrected chi connectivity index (χ1v) is 5.63. The van der Waals surface area contributed by atoms with E-state index in [1.165, 1.54) is 0 Å². The van der Waals surface area contributed by atoms with E-state index in [2.05, 4.69) is 21.1 Å². The van der Waals surface area contributed by atoms with E-state index >= 15 is 0 Å². The Morgan fingerprint density at radius 3 is 2.69 bits per heavy atom. The van der Waals surface area contributed by atoms with Crippen molar-refractivity contribution in [3.63, 3.8) is 0 Å². The fraction of sp³-hybridized carbons (Fsp3) is 0.182. The van der Waals surface area contributed by atoms with E-state index in [4.69, 9.17) is 15.0 Å². The first-order chi connectivity index (χ1) is 7.74. The highest BCUT2D eigenvalue weighted by molar-refractivity contribution is 9.10. The summed E-state index contributed by atoms with van der Waals surface area (Å²) in [6.45, 7) is 0.549. The molecule has 0 unspecified atom stereocenters. The van der Waals surface area contributed by atoms with Crippen LogP contribution in [0.4, 0.5) is 5.88 Å². The molecule has 0 aliphatic carbocycles. The van der Waals surface area contributed by atoms with Crippen molar-refractivity contribution >= 4 is 21.8 Å². The first kappa shape index (κ1) is 11.0. The van der Waals surface area contributed by atoms with Crippen LogP contribution in [0.25, 0.3) is 0 Å². The van der Waals surface area contributed by atoms with Gasteiger partial charge in [-0.25, -0.2) is 0 Å². The van der Waals surface area contributed by atoms with Crippen LogP contribution in [-0.4, -0.2) is 11.8 Å². The maximum absolute atomic E-state index is 5.53. The van der Waals surface area contributed by atoms with E-state index in [9.17, 15) is 0 Å². The number of anilines is 1. The van der Waals surface area contributed by atoms with E-state index in [1.54, 1.807) is 6.07 Å². The molecule has 0 aliphatic rings. The molecule has 0 saturated heterocycles. The normalized spacial score (nSPS) is 10.3. The molecule has 0 saturated carbocycles. The van der Waals surface area contributed by atoms with Crippen molar-refractivity contribution in [1.82, 2.24) is 5.16 Å². The Morgan fingerprint density at radius 2 is 2.06 bits per heavy atom. The van der Waals surface area contributed by atoms with Crippen LogP contribution in [0.2, 0.25) is 0 Å². The van der Waals surface area contributed by atoms with Crippen LogP contribution in [-0.2, 0) is 6.42 Å². The summed E-state index contributed by atoms with van der Waals surface area (Å²) in [7, 11) is 0. The van der Waals surface area contributed by atoms with Crippen molar-refractivity contribution in [3.05, 3.63) is 40.5 Å². The van der Waals surface area contributed by atoms with Gasteiger partial charge in [0, 0.05) is 17.0 Å². The highest BCUT2D eigenvalue weighted by Gasteiger charge is 2.01. The highest BCUT2D eigenvalue weighted by atomic mass is 79.9. The zero-order valence-electron chi connectivity index (χ0n) is 8.52. The lowest BCUT2D eigenvalue weighted by molar-refractivity contribution is 0.316. The summed E-state index contributed by atoms with van der Waals surface area (Å²) in [5, 5.41) is 3.77. The predicted octanol–water partition coefficient (Wildman–Crippen LogP) is 2.64. The monoisotopic (exact) mass is 282 g/mol. The smallest absolute Gasteiger partial charge is 0.222 e. The standard InChI is InChI=1S/C11H11BrN2O2/c12-8-1-3-10(4-2-8)15-6-5-9-7-11(13)16-14-9/h1-4,7H,5-6,13H2. The molecule has 1 aromatic heterocycles. The third-order valence-electron chi connectivity index (χ3n) is 2.02. The average Bonchev–Trinajstić information content (AvgIpc) is 2.67. The fourth-order valence-corrected chi connectivity index (χ4v) is 1.51. The van der Waals surface area contributed by atoms with Gasteiger partial charge < -0.3 is 15.0 Å². The van der Waals surface area contributed by atoms with Gasteiger partial charge in [0.2, 0.25) is 5.88 Å². The molecular formula is C11H11BrN2O2. The van der Waals surface area contributed by atoms with Crippen molar-refractivity contribution in [2.45, 2.75) is 6.42 Å². The molecule has 16 heavy (non-hydrogen) atoms. The highest BCUT2D eigenvalue weighted by Crippen LogP contribution is 2.16. The van der Waals surface area contributed by atoms with Gasteiger partial charge in [-0.3, -0.25) is 0 Å². The predicted molar refractivity (Wildman–Crippen MR) is 64.3 cm³/mol. The van der Waals surface area contributed by atoms with Crippen LogP contribution in [0, 0.1) is 0 Å². The second-order valence-electron chi connectivity index (χ2n) is 3.27. The van der Waals surface area contributed by atoms with Crippen molar-refractivity contribution in [2.75, 3.05) is 12.3 Å². The Morgan fingerprint density at radius 1 is 1.31 bits per heavy atom. The number of halogens is 1. The van der Waals surface area contributed by atoms with Gasteiger partial charge in [0.05, 0.1) is 12.3 Å². The average molecular weight is 283 g/mol. The van der Waals surface area contributed by atoms with Crippen LogP contribution >= 0.6 is 15.9 Å². The molecular weight excluding hydrogens is 272 g/mol. The van der Waals surface area contributed by atoms with Gasteiger partial charge >= 0.3 is 0 Å².